The fraction of sp³-hybridized carbons (Fsp3) is 0.857. The lowest BCUT2D eigenvalue weighted by molar-refractivity contribution is -0.134. The van der Waals surface area contributed by atoms with Gasteiger partial charge in [0.05, 0.1) is 15.9 Å². The lowest BCUT2D eigenvalue weighted by Gasteiger charge is -2.16. The van der Waals surface area contributed by atoms with Gasteiger partial charge in [0.15, 0.2) is 0 Å². The topological polar surface area (TPSA) is 49.8 Å². The average molecular weight is 223 g/mol. The van der Waals surface area contributed by atoms with Gasteiger partial charge in [-0.05, 0) is 12.3 Å². The molecule has 0 amide bonds. The Kier molecular flexibility index (Phi) is 4.54. The number of carbonyl (C=O) groups is 1. The molecule has 0 saturated carbocycles. The van der Waals surface area contributed by atoms with Gasteiger partial charge in [-0.25, -0.2) is 0 Å². The molecule has 0 aliphatic carbocycles. The first-order valence-electron chi connectivity index (χ1n) is 4.19. The predicted molar refractivity (Wildman–Crippen MR) is 55.8 cm³/mol. The van der Waals surface area contributed by atoms with E-state index in [-0.39, 0.29) is 18.6 Å². The second kappa shape index (κ2) is 5.21. The van der Waals surface area contributed by atoms with E-state index in [9.17, 15) is 4.79 Å². The van der Waals surface area contributed by atoms with Crippen LogP contribution in [0.5, 0.6) is 0 Å². The molecule has 0 radical (unpaired) electrons. The molecule has 0 aromatic carbocycles. The number of rotatable bonds is 3. The Morgan fingerprint density at radius 2 is 2.38 bits per heavy atom. The molecule has 1 aliphatic rings. The highest BCUT2D eigenvalue weighted by molar-refractivity contribution is 7.13. The SMILES string of the molecule is O=C(C[C@@H]1C[C@H](CO)CN1P)OP. The Bertz CT molecular complexity index is 191. The van der Waals surface area contributed by atoms with Crippen molar-refractivity contribution < 1.29 is 14.4 Å². The van der Waals surface area contributed by atoms with Gasteiger partial charge in [-0.2, -0.15) is 0 Å². The summed E-state index contributed by atoms with van der Waals surface area (Å²) in [6.07, 6.45) is 1.25. The van der Waals surface area contributed by atoms with Crippen LogP contribution >= 0.6 is 18.9 Å². The van der Waals surface area contributed by atoms with Crippen molar-refractivity contribution in [2.24, 2.45) is 5.92 Å². The molecule has 1 N–H and O–H groups in total. The van der Waals surface area contributed by atoms with Crippen molar-refractivity contribution >= 4 is 24.8 Å². The summed E-state index contributed by atoms with van der Waals surface area (Å²) in [5.41, 5.74) is 0. The lowest BCUT2D eigenvalue weighted by atomic mass is 10.1. The van der Waals surface area contributed by atoms with E-state index >= 15 is 0 Å². The van der Waals surface area contributed by atoms with E-state index in [2.05, 4.69) is 13.9 Å². The predicted octanol–water partition coefficient (Wildman–Crippen LogP) is 0.183. The average Bonchev–Trinajstić information content (AvgIpc) is 2.47. The molecule has 1 saturated heterocycles. The van der Waals surface area contributed by atoms with Crippen LogP contribution in [-0.4, -0.2) is 34.9 Å². The summed E-state index contributed by atoms with van der Waals surface area (Å²) >= 11 is 0. The molecule has 1 aliphatic heterocycles. The number of hydrogen-bond donors (Lipinski definition) is 1. The van der Waals surface area contributed by atoms with Gasteiger partial charge in [-0.3, -0.25) is 9.46 Å². The Morgan fingerprint density at radius 1 is 1.69 bits per heavy atom. The van der Waals surface area contributed by atoms with E-state index in [1.165, 1.54) is 0 Å². The Labute approximate surface area is 82.6 Å². The van der Waals surface area contributed by atoms with Crippen LogP contribution in [0.25, 0.3) is 0 Å². The van der Waals surface area contributed by atoms with Crippen LogP contribution in [0.15, 0.2) is 0 Å². The number of aliphatic hydroxyl groups excluding tert-OH is 1. The van der Waals surface area contributed by atoms with Gasteiger partial charge in [0.2, 0.25) is 0 Å². The fourth-order valence-corrected chi connectivity index (χ4v) is 2.24. The molecule has 1 heterocycles. The van der Waals surface area contributed by atoms with Gasteiger partial charge in [0.25, 0.3) is 0 Å². The first kappa shape index (κ1) is 11.3. The molecule has 4 atom stereocenters. The molecule has 76 valence electrons. The van der Waals surface area contributed by atoms with Crippen molar-refractivity contribution in [1.29, 1.82) is 0 Å². The van der Waals surface area contributed by atoms with E-state index in [1.54, 1.807) is 0 Å². The number of nitrogens with zero attached hydrogens (tertiary/aromatic N) is 1. The number of carbonyl (C=O) groups excluding carboxylic acids is 1. The molecule has 2 unspecified atom stereocenters. The molecular weight excluding hydrogens is 208 g/mol. The van der Waals surface area contributed by atoms with Crippen molar-refractivity contribution in [3.05, 3.63) is 0 Å². The summed E-state index contributed by atoms with van der Waals surface area (Å²) in [7, 11) is 4.54. The highest BCUT2D eigenvalue weighted by Gasteiger charge is 2.30. The third-order valence-electron chi connectivity index (χ3n) is 2.34. The highest BCUT2D eigenvalue weighted by atomic mass is 31.0. The third-order valence-corrected chi connectivity index (χ3v) is 3.23. The first-order chi connectivity index (χ1) is 6.17. The standard InChI is InChI=1S/C7H15NO3P2/c9-4-5-1-6(8(12)3-5)2-7(10)11-13/h5-6,9H,1-4,12-13H2/t5-,6-/m0/s1. The van der Waals surface area contributed by atoms with Crippen molar-refractivity contribution in [3.63, 3.8) is 0 Å². The zero-order chi connectivity index (χ0) is 9.84. The minimum absolute atomic E-state index is 0.190. The maximum Gasteiger partial charge on any atom is 0.309 e. The van der Waals surface area contributed by atoms with Crippen LogP contribution in [0.2, 0.25) is 0 Å². The smallest absolute Gasteiger partial charge is 0.309 e. The molecule has 1 fully saturated rings. The van der Waals surface area contributed by atoms with Crippen LogP contribution in [-0.2, 0) is 9.32 Å². The number of hydrogen-bond acceptors (Lipinski definition) is 4. The van der Waals surface area contributed by atoms with E-state index in [1.807, 2.05) is 14.1 Å². The van der Waals surface area contributed by atoms with Crippen LogP contribution in [0.1, 0.15) is 12.8 Å². The lowest BCUT2D eigenvalue weighted by Crippen LogP contribution is -2.22. The van der Waals surface area contributed by atoms with Gasteiger partial charge < -0.3 is 9.63 Å². The van der Waals surface area contributed by atoms with Crippen molar-refractivity contribution in [2.75, 3.05) is 13.2 Å². The van der Waals surface area contributed by atoms with E-state index < -0.39 is 0 Å². The summed E-state index contributed by atoms with van der Waals surface area (Å²) < 4.78 is 6.52. The van der Waals surface area contributed by atoms with Crippen molar-refractivity contribution in [2.45, 2.75) is 18.9 Å². The molecule has 13 heavy (non-hydrogen) atoms. The molecule has 0 spiro atoms. The monoisotopic (exact) mass is 223 g/mol. The minimum Gasteiger partial charge on any atom is -0.451 e. The molecule has 1 rings (SSSR count). The first-order valence-corrected chi connectivity index (χ1v) is 5.18. The van der Waals surface area contributed by atoms with Gasteiger partial charge >= 0.3 is 5.97 Å². The van der Waals surface area contributed by atoms with Crippen LogP contribution in [0.4, 0.5) is 0 Å². The van der Waals surface area contributed by atoms with Crippen LogP contribution in [0.3, 0.4) is 0 Å². The summed E-state index contributed by atoms with van der Waals surface area (Å²) in [5.74, 6) is 0.0702. The highest BCUT2D eigenvalue weighted by Crippen LogP contribution is 2.28. The summed E-state index contributed by atoms with van der Waals surface area (Å²) in [5, 5.41) is 8.94. The van der Waals surface area contributed by atoms with Crippen molar-refractivity contribution in [1.82, 2.24) is 4.67 Å². The fourth-order valence-electron chi connectivity index (χ4n) is 1.62. The van der Waals surface area contributed by atoms with Gasteiger partial charge in [0.1, 0.15) is 0 Å². The van der Waals surface area contributed by atoms with Crippen molar-refractivity contribution in [3.8, 4) is 0 Å². The molecule has 4 nitrogen and oxygen atoms in total. The molecule has 0 aromatic heterocycles. The van der Waals surface area contributed by atoms with E-state index in [0.717, 1.165) is 13.0 Å². The maximum absolute atomic E-state index is 11.0. The second-order valence-electron chi connectivity index (χ2n) is 3.33. The number of aliphatic hydroxyl groups is 1. The minimum atomic E-state index is -0.221. The molecule has 6 heteroatoms. The quantitative estimate of drug-likeness (QED) is 0.693. The summed E-state index contributed by atoms with van der Waals surface area (Å²) in [6, 6.07) is 0.190. The zero-order valence-electron chi connectivity index (χ0n) is 7.35. The normalized spacial score (nSPS) is 29.2. The third kappa shape index (κ3) is 3.14. The summed E-state index contributed by atoms with van der Waals surface area (Å²) in [4.78, 5) is 11.0. The zero-order valence-corrected chi connectivity index (χ0v) is 9.66. The van der Waals surface area contributed by atoms with Gasteiger partial charge in [-0.15, -0.1) is 0 Å². The van der Waals surface area contributed by atoms with E-state index in [4.69, 9.17) is 5.11 Å². The van der Waals surface area contributed by atoms with E-state index in [0.29, 0.717) is 12.3 Å². The second-order valence-corrected chi connectivity index (χ2v) is 4.23. The van der Waals surface area contributed by atoms with Crippen LogP contribution in [0, 0.1) is 5.92 Å². The van der Waals surface area contributed by atoms with Crippen LogP contribution < -0.4 is 0 Å². The molecular formula is C7H15NO3P2. The largest absolute Gasteiger partial charge is 0.451 e. The van der Waals surface area contributed by atoms with Gasteiger partial charge in [-0.1, -0.05) is 9.39 Å². The summed E-state index contributed by atoms with van der Waals surface area (Å²) in [6.45, 7) is 1.02. The van der Waals surface area contributed by atoms with Gasteiger partial charge in [0, 0.05) is 19.2 Å². The molecule has 0 aromatic rings. The Morgan fingerprint density at radius 3 is 2.85 bits per heavy atom. The Hall–Kier alpha value is 0.250. The Balaban J connectivity index is 2.38. The maximum atomic E-state index is 11.0. The molecule has 0 bridgehead atoms.